The summed E-state index contributed by atoms with van der Waals surface area (Å²) in [5, 5.41) is 12.3. The molecule has 0 amide bonds. The van der Waals surface area contributed by atoms with Gasteiger partial charge in [-0.3, -0.25) is 0 Å². The van der Waals surface area contributed by atoms with Gasteiger partial charge in [-0.1, -0.05) is 0 Å². The van der Waals surface area contributed by atoms with Crippen molar-refractivity contribution in [3.8, 4) is 0 Å². The topological polar surface area (TPSA) is 99.1 Å². The maximum absolute atomic E-state index is 16.0. The Labute approximate surface area is 266 Å². The number of Topliss-reactive ketones (excluding diaryl/α,β-unsaturated/α-hetero) is 1. The molecule has 231 valence electrons. The Morgan fingerprint density at radius 1 is 1.17 bits per heavy atom. The summed E-state index contributed by atoms with van der Waals surface area (Å²) in [4.78, 5) is 39.3. The van der Waals surface area contributed by atoms with Crippen molar-refractivity contribution in [2.75, 3.05) is 6.61 Å². The number of hydrogen-bond acceptors (Lipinski definition) is 7. The molecule has 1 N–H and O–H groups in total. The van der Waals surface area contributed by atoms with Crippen LogP contribution in [0, 0.1) is 21.7 Å². The van der Waals surface area contributed by atoms with Crippen molar-refractivity contribution in [3.05, 3.63) is 23.8 Å². The Morgan fingerprint density at radius 3 is 2.44 bits per heavy atom. The molecule has 0 aromatic rings. The molecule has 0 bridgehead atoms. The zero-order valence-corrected chi connectivity index (χ0v) is 29.5. The van der Waals surface area contributed by atoms with Crippen LogP contribution < -0.4 is 44.4 Å². The summed E-state index contributed by atoms with van der Waals surface area (Å²) < 4.78 is 32.8. The predicted molar refractivity (Wildman–Crippen MR) is 140 cm³/mol. The maximum atomic E-state index is 16.0. The number of carbonyl (C=O) groups is 3. The average molecular weight is 799 g/mol. The van der Waals surface area contributed by atoms with E-state index < -0.39 is 81.0 Å². The molecular formula is C31H42FI2O7-2. The summed E-state index contributed by atoms with van der Waals surface area (Å²) in [5.41, 5.74) is -3.52. The van der Waals surface area contributed by atoms with E-state index in [1.54, 1.807) is 19.9 Å². The molecule has 5 rings (SSSR count). The van der Waals surface area contributed by atoms with E-state index in [9.17, 15) is 19.5 Å². The fraction of sp³-hybridized carbons (Fsp3) is 0.774. The van der Waals surface area contributed by atoms with E-state index in [0.29, 0.717) is 19.3 Å². The molecule has 1 aliphatic heterocycles. The Bertz CT molecular complexity index is 1260. The van der Waals surface area contributed by atoms with E-state index in [0.717, 1.165) is 5.57 Å². The second-order valence-electron chi connectivity index (χ2n) is 14.9. The number of ether oxygens (including phenoxy) is 3. The van der Waals surface area contributed by atoms with Crippen LogP contribution in [0.1, 0.15) is 87.5 Å². The van der Waals surface area contributed by atoms with Crippen molar-refractivity contribution in [1.29, 1.82) is 0 Å². The minimum atomic E-state index is -2.07. The number of halogens is 3. The first kappa shape index (κ1) is 32.0. The van der Waals surface area contributed by atoms with Crippen molar-refractivity contribution >= 4 is 17.5 Å². The average Bonchev–Trinajstić information content (AvgIpc) is 3.21. The third-order valence-corrected chi connectivity index (χ3v) is 17.5. The SMILES string of the molecule is CC(C)(C)CC(=O)OCC(=O)[C@@]12OC(C)(C)O[C@@H]1CC1([I-])[C@]3(C)CCC4=CC(=O)C=C[C@]4(C)C3([I-]F)[C@@H](O)C[C@@]12C. The summed E-state index contributed by atoms with van der Waals surface area (Å²) >= 11 is 0.373. The fourth-order valence-corrected chi connectivity index (χ4v) is 14.1. The van der Waals surface area contributed by atoms with Crippen molar-refractivity contribution < 1.29 is 80.9 Å². The Balaban J connectivity index is 1.62. The fourth-order valence-electron chi connectivity index (χ4n) is 9.24. The van der Waals surface area contributed by atoms with Gasteiger partial charge in [0.15, 0.2) is 0 Å². The number of alkyl halides is 2. The van der Waals surface area contributed by atoms with E-state index >= 15 is 2.86 Å². The standard InChI is InChI=1S/C31H42FI2O7/c1-24(2,3)16-23(38)39-17-21(37)30-22(40-25(4,5)41-30)15-29(33)27(7)12-9-18-13-19(35)10-11-26(18,6)31(27,34-32)20(36)14-28(29,30)8/h10-11,13,20,22,36H,9,12,14-17H2,1-8H3/q-2/t20-,22+,26-,27-,28-,29?,30+,31?/m0/s1. The number of ketones is 2. The van der Waals surface area contributed by atoms with E-state index in [-0.39, 0.29) is 29.8 Å². The van der Waals surface area contributed by atoms with Crippen LogP contribution in [0.25, 0.3) is 0 Å². The van der Waals surface area contributed by atoms with Gasteiger partial charge >= 0.3 is 268 Å². The number of fused-ring (bicyclic) bond motifs is 7. The summed E-state index contributed by atoms with van der Waals surface area (Å²) in [6.45, 7) is 14.9. The van der Waals surface area contributed by atoms with Crippen LogP contribution in [0.5, 0.6) is 0 Å². The molecule has 5 aliphatic rings. The molecule has 0 aromatic heterocycles. The summed E-state index contributed by atoms with van der Waals surface area (Å²) in [7, 11) is 0. The molecule has 7 nitrogen and oxygen atoms in total. The van der Waals surface area contributed by atoms with E-state index in [1.807, 2.05) is 40.7 Å². The van der Waals surface area contributed by atoms with Gasteiger partial charge in [0, 0.05) is 0 Å². The summed E-state index contributed by atoms with van der Waals surface area (Å²) in [6, 6.07) is 0. The van der Waals surface area contributed by atoms with Gasteiger partial charge in [0.25, 0.3) is 0 Å². The zero-order valence-electron chi connectivity index (χ0n) is 25.2. The summed E-state index contributed by atoms with van der Waals surface area (Å²) in [5.74, 6) is -2.04. The van der Waals surface area contributed by atoms with Gasteiger partial charge < -0.3 is 0 Å². The first-order valence-electron chi connectivity index (χ1n) is 14.3. The van der Waals surface area contributed by atoms with Gasteiger partial charge in [-0.05, 0) is 0 Å². The van der Waals surface area contributed by atoms with Crippen molar-refractivity contribution in [2.24, 2.45) is 21.7 Å². The van der Waals surface area contributed by atoms with Crippen LogP contribution in [0.2, 0.25) is 0 Å². The molecule has 0 aromatic carbocycles. The second-order valence-corrected chi connectivity index (χ2v) is 18.9. The Morgan fingerprint density at radius 2 is 1.83 bits per heavy atom. The molecule has 10 heteroatoms. The van der Waals surface area contributed by atoms with Crippen LogP contribution >= 0.6 is 0 Å². The van der Waals surface area contributed by atoms with Gasteiger partial charge in [0.05, 0.1) is 0 Å². The number of allylic oxidation sites excluding steroid dienone is 4. The predicted octanol–water partition coefficient (Wildman–Crippen LogP) is -1.52. The Hall–Kier alpha value is -0.440. The van der Waals surface area contributed by atoms with Gasteiger partial charge in [-0.25, -0.2) is 0 Å². The molecule has 4 aliphatic carbocycles. The van der Waals surface area contributed by atoms with E-state index in [4.69, 9.17) is 14.2 Å². The van der Waals surface area contributed by atoms with Gasteiger partial charge in [0.1, 0.15) is 0 Å². The molecule has 1 radical (unpaired) electrons. The zero-order chi connectivity index (χ0) is 30.7. The van der Waals surface area contributed by atoms with Crippen molar-refractivity contribution in [2.45, 2.75) is 118 Å². The third-order valence-electron chi connectivity index (χ3n) is 11.0. The molecular weight excluding hydrogens is 757 g/mol. The number of aliphatic hydroxyl groups is 1. The van der Waals surface area contributed by atoms with Crippen LogP contribution in [0.3, 0.4) is 0 Å². The summed E-state index contributed by atoms with van der Waals surface area (Å²) in [6.07, 6.45) is 5.00. The Kier molecular flexibility index (Phi) is 7.43. The second kappa shape index (κ2) is 9.53. The molecule has 8 atom stereocenters. The van der Waals surface area contributed by atoms with Crippen LogP contribution in [0.15, 0.2) is 23.8 Å². The molecule has 1 saturated heterocycles. The molecule has 0 spiro atoms. The quantitative estimate of drug-likeness (QED) is 0.205. The number of aliphatic hydroxyl groups excluding tert-OH is 1. The van der Waals surface area contributed by atoms with Gasteiger partial charge in [-0.2, -0.15) is 0 Å². The van der Waals surface area contributed by atoms with Crippen molar-refractivity contribution in [3.63, 3.8) is 0 Å². The molecule has 1 heterocycles. The number of carbonyl (C=O) groups excluding carboxylic acids is 3. The minimum absolute atomic E-state index is 0.109. The molecule has 2 unspecified atom stereocenters. The van der Waals surface area contributed by atoms with Crippen LogP contribution in [-0.4, -0.2) is 59.7 Å². The monoisotopic (exact) mass is 799 g/mol. The number of hydrogen-bond donors (Lipinski definition) is 1. The number of rotatable bonds is 5. The van der Waals surface area contributed by atoms with Gasteiger partial charge in [0.2, 0.25) is 0 Å². The van der Waals surface area contributed by atoms with Crippen LogP contribution in [0.4, 0.5) is 2.86 Å². The first-order valence-corrected chi connectivity index (χ1v) is 17.3. The molecule has 41 heavy (non-hydrogen) atoms. The first-order chi connectivity index (χ1) is 18.7. The van der Waals surface area contributed by atoms with Crippen molar-refractivity contribution in [1.82, 2.24) is 0 Å². The normalized spacial score (nSPS) is 46.3. The molecule has 4 fully saturated rings. The van der Waals surface area contributed by atoms with Crippen LogP contribution in [-0.2, 0) is 28.6 Å². The third kappa shape index (κ3) is 3.97. The number of esters is 1. The molecule has 3 saturated carbocycles. The van der Waals surface area contributed by atoms with Gasteiger partial charge in [-0.15, -0.1) is 0 Å². The van der Waals surface area contributed by atoms with E-state index in [2.05, 4.69) is 29.5 Å². The van der Waals surface area contributed by atoms with E-state index in [1.165, 1.54) is 6.08 Å².